The molecule has 5 aliphatic carbocycles. The molecule has 0 radical (unpaired) electrons. The van der Waals surface area contributed by atoms with Gasteiger partial charge in [-0.25, -0.2) is 0 Å². The third-order valence-electron chi connectivity index (χ3n) is 13.4. The first-order chi connectivity index (χ1) is 16.7. The molecular formula is C32H50O4. The van der Waals surface area contributed by atoms with Crippen molar-refractivity contribution in [2.45, 2.75) is 119 Å². The Morgan fingerprint density at radius 1 is 0.944 bits per heavy atom. The van der Waals surface area contributed by atoms with Gasteiger partial charge < -0.3 is 9.84 Å². The number of rotatable bonds is 3. The lowest BCUT2D eigenvalue weighted by Crippen LogP contribution is -2.64. The lowest BCUT2D eigenvalue weighted by Gasteiger charge is -2.70. The van der Waals surface area contributed by atoms with E-state index >= 15 is 0 Å². The van der Waals surface area contributed by atoms with Crippen molar-refractivity contribution >= 4 is 11.9 Å². The van der Waals surface area contributed by atoms with Crippen LogP contribution in [0.3, 0.4) is 0 Å². The van der Waals surface area contributed by atoms with Crippen LogP contribution in [0.25, 0.3) is 0 Å². The summed E-state index contributed by atoms with van der Waals surface area (Å²) < 4.78 is 5.87. The van der Waals surface area contributed by atoms with Crippen LogP contribution < -0.4 is 0 Å². The van der Waals surface area contributed by atoms with Crippen LogP contribution in [0.2, 0.25) is 0 Å². The van der Waals surface area contributed by atoms with Crippen LogP contribution in [0.4, 0.5) is 0 Å². The van der Waals surface area contributed by atoms with E-state index in [1.165, 1.54) is 18.4 Å². The highest BCUT2D eigenvalue weighted by Crippen LogP contribution is 2.76. The van der Waals surface area contributed by atoms with Gasteiger partial charge in [0, 0.05) is 12.3 Å². The number of hydrogen-bond donors (Lipinski definition) is 1. The van der Waals surface area contributed by atoms with E-state index in [9.17, 15) is 14.7 Å². The van der Waals surface area contributed by atoms with Crippen LogP contribution in [0.15, 0.2) is 11.6 Å². The first-order valence-electron chi connectivity index (χ1n) is 14.8. The van der Waals surface area contributed by atoms with E-state index in [0.29, 0.717) is 17.8 Å². The second-order valence-electron chi connectivity index (χ2n) is 15.1. The van der Waals surface area contributed by atoms with Gasteiger partial charge in [0.25, 0.3) is 0 Å². The minimum atomic E-state index is -0.576. The molecule has 0 aromatic rings. The van der Waals surface area contributed by atoms with Crippen LogP contribution >= 0.6 is 0 Å². The molecule has 202 valence electrons. The minimum absolute atomic E-state index is 0.0000285. The van der Waals surface area contributed by atoms with E-state index in [0.717, 1.165) is 44.9 Å². The summed E-state index contributed by atoms with van der Waals surface area (Å²) in [7, 11) is 0. The van der Waals surface area contributed by atoms with Gasteiger partial charge in [-0.3, -0.25) is 9.59 Å². The molecule has 0 aromatic carbocycles. The van der Waals surface area contributed by atoms with Crippen LogP contribution in [0.1, 0.15) is 113 Å². The fourth-order valence-corrected chi connectivity index (χ4v) is 11.6. The van der Waals surface area contributed by atoms with Crippen molar-refractivity contribution in [3.05, 3.63) is 11.6 Å². The number of carbonyl (C=O) groups is 2. The number of carboxylic acids is 1. The Kier molecular flexibility index (Phi) is 5.91. The van der Waals surface area contributed by atoms with Gasteiger partial charge in [0.1, 0.15) is 6.10 Å². The zero-order valence-electron chi connectivity index (χ0n) is 24.1. The van der Waals surface area contributed by atoms with Crippen molar-refractivity contribution in [3.8, 4) is 0 Å². The number of hydrogen-bond acceptors (Lipinski definition) is 3. The molecule has 4 fully saturated rings. The molecule has 4 saturated carbocycles. The summed E-state index contributed by atoms with van der Waals surface area (Å²) >= 11 is 0. The zero-order chi connectivity index (χ0) is 26.5. The van der Waals surface area contributed by atoms with Crippen LogP contribution in [-0.4, -0.2) is 23.1 Å². The Bertz CT molecular complexity index is 979. The predicted octanol–water partition coefficient (Wildman–Crippen LogP) is 7.66. The van der Waals surface area contributed by atoms with Crippen molar-refractivity contribution in [1.29, 1.82) is 0 Å². The molecular weight excluding hydrogens is 448 g/mol. The molecule has 1 N–H and O–H groups in total. The van der Waals surface area contributed by atoms with E-state index < -0.39 is 11.4 Å². The van der Waals surface area contributed by atoms with Crippen molar-refractivity contribution in [1.82, 2.24) is 0 Å². The number of carbonyl (C=O) groups excluding carboxylic acids is 1. The van der Waals surface area contributed by atoms with Crippen LogP contribution in [0.5, 0.6) is 0 Å². The van der Waals surface area contributed by atoms with E-state index in [1.54, 1.807) is 6.92 Å². The Morgan fingerprint density at radius 3 is 2.25 bits per heavy atom. The second kappa shape index (κ2) is 8.09. The van der Waals surface area contributed by atoms with Gasteiger partial charge in [-0.2, -0.15) is 0 Å². The normalized spacial score (nSPS) is 49.2. The van der Waals surface area contributed by atoms with Gasteiger partial charge in [0.15, 0.2) is 0 Å². The molecule has 4 nitrogen and oxygen atoms in total. The van der Waals surface area contributed by atoms with Gasteiger partial charge >= 0.3 is 11.9 Å². The molecule has 0 bridgehead atoms. The topological polar surface area (TPSA) is 63.6 Å². The fraction of sp³-hybridized carbons (Fsp3) is 0.875. The monoisotopic (exact) mass is 498 g/mol. The summed E-state index contributed by atoms with van der Waals surface area (Å²) in [4.78, 5) is 24.8. The SMILES string of the molecule is CC(=O)O[C@@H]1CC[C@]2(C)[C@H]3CC=C4[C@H]5CC[C@@H](C(C)C)C5(C(=O)O)CC[C@@]4(C)[C@]3(C)CC[C@H]2C1(C)C. The van der Waals surface area contributed by atoms with Gasteiger partial charge in [0.05, 0.1) is 5.41 Å². The quantitative estimate of drug-likeness (QED) is 0.320. The summed E-state index contributed by atoms with van der Waals surface area (Å²) in [5.41, 5.74) is 1.34. The summed E-state index contributed by atoms with van der Waals surface area (Å²) in [6.07, 6.45) is 11.9. The molecule has 5 rings (SSSR count). The molecule has 36 heavy (non-hydrogen) atoms. The van der Waals surface area contributed by atoms with Gasteiger partial charge in [-0.05, 0) is 104 Å². The highest BCUT2D eigenvalue weighted by Gasteiger charge is 2.70. The first-order valence-corrected chi connectivity index (χ1v) is 14.8. The maximum absolute atomic E-state index is 13.0. The third kappa shape index (κ3) is 3.11. The summed E-state index contributed by atoms with van der Waals surface area (Å²) in [5, 5.41) is 10.7. The summed E-state index contributed by atoms with van der Waals surface area (Å²) in [6.45, 7) is 18.3. The minimum Gasteiger partial charge on any atom is -0.481 e. The molecule has 1 unspecified atom stereocenters. The third-order valence-corrected chi connectivity index (χ3v) is 13.4. The van der Waals surface area contributed by atoms with Gasteiger partial charge in [-0.1, -0.05) is 60.1 Å². The van der Waals surface area contributed by atoms with E-state index in [-0.39, 0.29) is 45.6 Å². The Hall–Kier alpha value is -1.32. The smallest absolute Gasteiger partial charge is 0.310 e. The van der Waals surface area contributed by atoms with Crippen LogP contribution in [0, 0.1) is 56.7 Å². The number of carboxylic acid groups (broad SMARTS) is 1. The number of esters is 1. The molecule has 0 heterocycles. The lowest BCUT2D eigenvalue weighted by molar-refractivity contribution is -0.211. The highest BCUT2D eigenvalue weighted by atomic mass is 16.5. The average Bonchev–Trinajstić information content (AvgIpc) is 3.17. The standard InChI is InChI=1S/C32H50O4/c1-19(2)21-9-10-23-22-11-12-25-29(6)15-14-26(36-20(3)33)28(4,5)24(29)13-16-31(25,8)30(22,7)17-18-32(21,23)27(34)35/h11,19,21,23-26H,9-10,12-18H2,1-8H3,(H,34,35)/t21-,23+,24-,25+,26+,29-,30+,31+,32?/m0/s1. The number of aliphatic carboxylic acids is 1. The van der Waals surface area contributed by atoms with Crippen LogP contribution in [-0.2, 0) is 14.3 Å². The molecule has 0 saturated heterocycles. The molecule has 0 aliphatic heterocycles. The van der Waals surface area contributed by atoms with Gasteiger partial charge in [0.2, 0.25) is 0 Å². The van der Waals surface area contributed by atoms with Crippen molar-refractivity contribution in [2.75, 3.05) is 0 Å². The van der Waals surface area contributed by atoms with Crippen molar-refractivity contribution < 1.29 is 19.4 Å². The Morgan fingerprint density at radius 2 is 1.64 bits per heavy atom. The maximum atomic E-state index is 13.0. The van der Waals surface area contributed by atoms with Gasteiger partial charge in [-0.15, -0.1) is 0 Å². The van der Waals surface area contributed by atoms with E-state index in [1.807, 2.05) is 0 Å². The van der Waals surface area contributed by atoms with Crippen molar-refractivity contribution in [3.63, 3.8) is 0 Å². The molecule has 0 spiro atoms. The molecule has 0 aromatic heterocycles. The Labute approximate surface area is 219 Å². The molecule has 5 aliphatic rings. The largest absolute Gasteiger partial charge is 0.481 e. The maximum Gasteiger partial charge on any atom is 0.310 e. The number of fused-ring (bicyclic) bond motifs is 7. The number of ether oxygens (including phenoxy) is 1. The molecule has 4 heteroatoms. The lowest BCUT2D eigenvalue weighted by atomic mass is 9.34. The van der Waals surface area contributed by atoms with E-state index in [4.69, 9.17) is 4.74 Å². The zero-order valence-corrected chi connectivity index (χ0v) is 24.1. The number of allylic oxidation sites excluding steroid dienone is 2. The molecule has 0 amide bonds. The first kappa shape index (κ1) is 26.3. The molecule has 9 atom stereocenters. The van der Waals surface area contributed by atoms with Crippen molar-refractivity contribution in [2.24, 2.45) is 56.7 Å². The average molecular weight is 499 g/mol. The predicted molar refractivity (Wildman–Crippen MR) is 142 cm³/mol. The fourth-order valence-electron chi connectivity index (χ4n) is 11.6. The summed E-state index contributed by atoms with van der Waals surface area (Å²) in [5.74, 6) is 1.29. The highest BCUT2D eigenvalue weighted by molar-refractivity contribution is 5.77. The Balaban J connectivity index is 1.54. The second-order valence-corrected chi connectivity index (χ2v) is 15.1. The summed E-state index contributed by atoms with van der Waals surface area (Å²) in [6, 6.07) is 0. The van der Waals surface area contributed by atoms with E-state index in [2.05, 4.69) is 54.5 Å².